The molecule has 0 bridgehead atoms. The lowest BCUT2D eigenvalue weighted by atomic mass is 10.1. The molecular weight excluding hydrogens is 248 g/mol. The molecule has 0 spiro atoms. The Kier molecular flexibility index (Phi) is 5.61. The lowest BCUT2D eigenvalue weighted by Gasteiger charge is -2.38. The van der Waals surface area contributed by atoms with Crippen LogP contribution >= 0.6 is 0 Å². The fourth-order valence-corrected chi connectivity index (χ4v) is 3.02. The van der Waals surface area contributed by atoms with Crippen molar-refractivity contribution in [1.82, 2.24) is 20.0 Å². The summed E-state index contributed by atoms with van der Waals surface area (Å²) in [5.74, 6) is 0. The Balaban J connectivity index is 1.98. The number of rotatable bonds is 6. The largest absolute Gasteiger partial charge is 0.311 e. The number of hydrogen-bond acceptors (Lipinski definition) is 3. The molecule has 0 aromatic carbocycles. The van der Waals surface area contributed by atoms with Gasteiger partial charge in [0, 0.05) is 37.9 Å². The minimum atomic E-state index is 0.549. The summed E-state index contributed by atoms with van der Waals surface area (Å²) in [7, 11) is 0. The first kappa shape index (κ1) is 15.5. The van der Waals surface area contributed by atoms with Gasteiger partial charge in [-0.15, -0.1) is 0 Å². The average Bonchev–Trinajstić information content (AvgIpc) is 2.91. The Morgan fingerprint density at radius 1 is 1.35 bits per heavy atom. The number of aromatic nitrogens is 2. The van der Waals surface area contributed by atoms with Gasteiger partial charge in [-0.3, -0.25) is 9.58 Å². The first-order valence-electron chi connectivity index (χ1n) is 8.19. The standard InChI is InChI=1S/C16H30N4/c1-5-14-11-19(13(4)10-17-14)12-15-8-9-20(18-15)16(6-2)7-3/h8-9,13-14,16-17H,5-7,10-12H2,1-4H3. The molecule has 1 fully saturated rings. The van der Waals surface area contributed by atoms with Gasteiger partial charge >= 0.3 is 0 Å². The molecule has 2 rings (SSSR count). The average molecular weight is 278 g/mol. The van der Waals surface area contributed by atoms with E-state index >= 15 is 0 Å². The van der Waals surface area contributed by atoms with Gasteiger partial charge in [-0.1, -0.05) is 20.8 Å². The zero-order chi connectivity index (χ0) is 14.5. The molecule has 2 heterocycles. The first-order chi connectivity index (χ1) is 9.67. The van der Waals surface area contributed by atoms with Crippen molar-refractivity contribution < 1.29 is 0 Å². The molecule has 1 saturated heterocycles. The van der Waals surface area contributed by atoms with Crippen molar-refractivity contribution >= 4 is 0 Å². The maximum atomic E-state index is 4.79. The molecule has 0 aliphatic carbocycles. The van der Waals surface area contributed by atoms with E-state index in [1.54, 1.807) is 0 Å². The molecule has 2 atom stereocenters. The molecule has 1 aromatic heterocycles. The summed E-state index contributed by atoms with van der Waals surface area (Å²) in [5.41, 5.74) is 1.21. The minimum Gasteiger partial charge on any atom is -0.311 e. The molecule has 114 valence electrons. The summed E-state index contributed by atoms with van der Waals surface area (Å²) in [6.45, 7) is 12.2. The molecule has 0 amide bonds. The van der Waals surface area contributed by atoms with Crippen LogP contribution in [-0.2, 0) is 6.54 Å². The van der Waals surface area contributed by atoms with E-state index in [0.717, 1.165) is 32.5 Å². The van der Waals surface area contributed by atoms with Gasteiger partial charge in [-0.2, -0.15) is 5.10 Å². The Morgan fingerprint density at radius 2 is 2.10 bits per heavy atom. The van der Waals surface area contributed by atoms with Gasteiger partial charge < -0.3 is 5.32 Å². The van der Waals surface area contributed by atoms with Gasteiger partial charge in [-0.25, -0.2) is 0 Å². The van der Waals surface area contributed by atoms with E-state index in [0.29, 0.717) is 18.1 Å². The highest BCUT2D eigenvalue weighted by atomic mass is 15.3. The molecule has 1 aromatic rings. The lowest BCUT2D eigenvalue weighted by molar-refractivity contribution is 0.129. The predicted octanol–water partition coefficient (Wildman–Crippen LogP) is 2.82. The summed E-state index contributed by atoms with van der Waals surface area (Å²) in [5, 5.41) is 8.39. The maximum Gasteiger partial charge on any atom is 0.0765 e. The van der Waals surface area contributed by atoms with Crippen LogP contribution in [0.5, 0.6) is 0 Å². The molecule has 1 aliphatic rings. The van der Waals surface area contributed by atoms with Gasteiger partial charge in [0.15, 0.2) is 0 Å². The molecule has 1 aliphatic heterocycles. The molecular formula is C16H30N4. The Hall–Kier alpha value is -0.870. The third-order valence-corrected chi connectivity index (χ3v) is 4.62. The second-order valence-corrected chi connectivity index (χ2v) is 6.05. The summed E-state index contributed by atoms with van der Waals surface area (Å²) >= 11 is 0. The smallest absolute Gasteiger partial charge is 0.0765 e. The van der Waals surface area contributed by atoms with Crippen molar-refractivity contribution in [3.63, 3.8) is 0 Å². The highest BCUT2D eigenvalue weighted by Crippen LogP contribution is 2.17. The molecule has 2 unspecified atom stereocenters. The summed E-state index contributed by atoms with van der Waals surface area (Å²) in [6.07, 6.45) is 5.65. The zero-order valence-corrected chi connectivity index (χ0v) is 13.5. The normalized spacial score (nSPS) is 24.4. The van der Waals surface area contributed by atoms with E-state index in [2.05, 4.69) is 54.9 Å². The number of piperazine rings is 1. The minimum absolute atomic E-state index is 0.549. The third kappa shape index (κ3) is 3.61. The van der Waals surface area contributed by atoms with E-state index in [1.807, 2.05) is 0 Å². The Labute approximate surface area is 123 Å². The molecule has 4 heteroatoms. The van der Waals surface area contributed by atoms with Crippen LogP contribution in [-0.4, -0.2) is 39.9 Å². The van der Waals surface area contributed by atoms with Gasteiger partial charge in [0.25, 0.3) is 0 Å². The van der Waals surface area contributed by atoms with E-state index < -0.39 is 0 Å². The van der Waals surface area contributed by atoms with Gasteiger partial charge in [0.05, 0.1) is 11.7 Å². The molecule has 1 N–H and O–H groups in total. The van der Waals surface area contributed by atoms with Crippen molar-refractivity contribution in [2.75, 3.05) is 13.1 Å². The second-order valence-electron chi connectivity index (χ2n) is 6.05. The van der Waals surface area contributed by atoms with Crippen molar-refractivity contribution in [3.8, 4) is 0 Å². The van der Waals surface area contributed by atoms with Crippen LogP contribution in [0, 0.1) is 0 Å². The van der Waals surface area contributed by atoms with E-state index in [4.69, 9.17) is 5.10 Å². The molecule has 20 heavy (non-hydrogen) atoms. The number of nitrogens with zero attached hydrogens (tertiary/aromatic N) is 3. The van der Waals surface area contributed by atoms with Crippen LogP contribution in [0.15, 0.2) is 12.3 Å². The van der Waals surface area contributed by atoms with E-state index in [-0.39, 0.29) is 0 Å². The molecule has 4 nitrogen and oxygen atoms in total. The highest BCUT2D eigenvalue weighted by molar-refractivity contribution is 5.01. The summed E-state index contributed by atoms with van der Waals surface area (Å²) in [6, 6.07) is 3.96. The Morgan fingerprint density at radius 3 is 2.75 bits per heavy atom. The Bertz CT molecular complexity index is 397. The van der Waals surface area contributed by atoms with Gasteiger partial charge in [0.2, 0.25) is 0 Å². The first-order valence-corrected chi connectivity index (χ1v) is 8.19. The van der Waals surface area contributed by atoms with Crippen LogP contribution in [0.1, 0.15) is 58.7 Å². The van der Waals surface area contributed by atoms with Gasteiger partial charge in [0.1, 0.15) is 0 Å². The van der Waals surface area contributed by atoms with Crippen LogP contribution in [0.4, 0.5) is 0 Å². The van der Waals surface area contributed by atoms with E-state index in [9.17, 15) is 0 Å². The fraction of sp³-hybridized carbons (Fsp3) is 0.812. The number of nitrogens with one attached hydrogen (secondary N) is 1. The SMILES string of the molecule is CCC1CN(Cc2ccn(C(CC)CC)n2)C(C)CN1. The molecule has 0 radical (unpaired) electrons. The van der Waals surface area contributed by atoms with E-state index in [1.165, 1.54) is 12.1 Å². The quantitative estimate of drug-likeness (QED) is 0.868. The number of hydrogen-bond donors (Lipinski definition) is 1. The highest BCUT2D eigenvalue weighted by Gasteiger charge is 2.24. The van der Waals surface area contributed by atoms with Crippen molar-refractivity contribution in [3.05, 3.63) is 18.0 Å². The van der Waals surface area contributed by atoms with Crippen LogP contribution in [0.3, 0.4) is 0 Å². The second kappa shape index (κ2) is 7.23. The maximum absolute atomic E-state index is 4.79. The summed E-state index contributed by atoms with van der Waals surface area (Å²) in [4.78, 5) is 2.56. The topological polar surface area (TPSA) is 33.1 Å². The monoisotopic (exact) mass is 278 g/mol. The lowest BCUT2D eigenvalue weighted by Crippen LogP contribution is -2.54. The van der Waals surface area contributed by atoms with Crippen LogP contribution < -0.4 is 5.32 Å². The zero-order valence-electron chi connectivity index (χ0n) is 13.5. The third-order valence-electron chi connectivity index (χ3n) is 4.62. The van der Waals surface area contributed by atoms with Crippen LogP contribution in [0.25, 0.3) is 0 Å². The van der Waals surface area contributed by atoms with Crippen molar-refractivity contribution in [2.45, 2.75) is 71.6 Å². The van der Waals surface area contributed by atoms with Crippen LogP contribution in [0.2, 0.25) is 0 Å². The summed E-state index contributed by atoms with van der Waals surface area (Å²) < 4.78 is 2.15. The van der Waals surface area contributed by atoms with Crippen molar-refractivity contribution in [1.29, 1.82) is 0 Å². The van der Waals surface area contributed by atoms with Crippen molar-refractivity contribution in [2.24, 2.45) is 0 Å². The molecule has 0 saturated carbocycles. The predicted molar refractivity (Wildman–Crippen MR) is 83.8 cm³/mol. The van der Waals surface area contributed by atoms with Gasteiger partial charge in [-0.05, 0) is 32.3 Å². The fourth-order valence-electron chi connectivity index (χ4n) is 3.02.